The number of fused-ring (bicyclic) bond motifs is 1. The molecule has 0 heterocycles. The van der Waals surface area contributed by atoms with Gasteiger partial charge in [-0.15, -0.1) is 0 Å². The molecule has 0 amide bonds. The Labute approximate surface area is 163 Å². The molecule has 27 heavy (non-hydrogen) atoms. The second-order valence-corrected chi connectivity index (χ2v) is 8.66. The summed E-state index contributed by atoms with van der Waals surface area (Å²) in [5, 5.41) is 29.9. The van der Waals surface area contributed by atoms with E-state index < -0.39 is 18.2 Å². The molecule has 0 radical (unpaired) electrons. The first-order valence-corrected chi connectivity index (χ1v) is 10.8. The fourth-order valence-corrected chi connectivity index (χ4v) is 5.63. The fraction of sp³-hybridized carbons (Fsp3) is 0.783. The van der Waals surface area contributed by atoms with Crippen molar-refractivity contribution in [3.63, 3.8) is 0 Å². The van der Waals surface area contributed by atoms with Crippen molar-refractivity contribution in [2.75, 3.05) is 0 Å². The number of aliphatic hydroxyl groups is 2. The third-order valence-corrected chi connectivity index (χ3v) is 6.97. The maximum atomic E-state index is 10.8. The number of allylic oxidation sites excluding steroid dienone is 2. The van der Waals surface area contributed by atoms with E-state index in [4.69, 9.17) is 5.11 Å². The predicted molar refractivity (Wildman–Crippen MR) is 105 cm³/mol. The van der Waals surface area contributed by atoms with Gasteiger partial charge in [-0.1, -0.05) is 49.7 Å². The number of hydrogen-bond acceptors (Lipinski definition) is 3. The molecule has 6 atom stereocenters. The zero-order chi connectivity index (χ0) is 19.4. The molecule has 3 aliphatic carbocycles. The van der Waals surface area contributed by atoms with Crippen molar-refractivity contribution < 1.29 is 20.1 Å². The minimum atomic E-state index is -0.751. The molecule has 0 aromatic rings. The minimum absolute atomic E-state index is 0.0621. The van der Waals surface area contributed by atoms with Crippen LogP contribution < -0.4 is 0 Å². The van der Waals surface area contributed by atoms with Crippen LogP contribution in [0.4, 0.5) is 0 Å². The normalized spacial score (nSPS) is 35.8. The molecule has 0 saturated heterocycles. The van der Waals surface area contributed by atoms with E-state index >= 15 is 0 Å². The quantitative estimate of drug-likeness (QED) is 0.489. The maximum absolute atomic E-state index is 10.8. The summed E-state index contributed by atoms with van der Waals surface area (Å²) in [7, 11) is 0. The lowest BCUT2D eigenvalue weighted by atomic mass is 9.50. The highest BCUT2D eigenvalue weighted by molar-refractivity contribution is 5.66. The topological polar surface area (TPSA) is 77.8 Å². The van der Waals surface area contributed by atoms with Gasteiger partial charge in [0.15, 0.2) is 0 Å². The van der Waals surface area contributed by atoms with Gasteiger partial charge in [-0.2, -0.15) is 0 Å². The Balaban J connectivity index is 1.72. The van der Waals surface area contributed by atoms with E-state index in [1.165, 1.54) is 18.4 Å². The number of carboxylic acids is 1. The van der Waals surface area contributed by atoms with Crippen molar-refractivity contribution in [3.8, 4) is 11.8 Å². The molecule has 0 spiro atoms. The van der Waals surface area contributed by atoms with Crippen molar-refractivity contribution >= 4 is 5.97 Å². The molecular weight excluding hydrogens is 340 g/mol. The van der Waals surface area contributed by atoms with Crippen molar-refractivity contribution in [1.29, 1.82) is 0 Å². The highest BCUT2D eigenvalue weighted by Gasteiger charge is 2.52. The molecule has 0 aliphatic heterocycles. The van der Waals surface area contributed by atoms with Gasteiger partial charge in [0.25, 0.3) is 0 Å². The van der Waals surface area contributed by atoms with Crippen LogP contribution in [0.25, 0.3) is 0 Å². The SMILES string of the molecule is CCCC1C(=CCCC(=O)O)[C@@H]2CC[C@H](O)[C@@H](C#CC(O)C3CCCC3)[C@H]12. The third-order valence-electron chi connectivity index (χ3n) is 6.97. The lowest BCUT2D eigenvalue weighted by molar-refractivity contribution is -0.136. The molecule has 150 valence electrons. The Bertz CT molecular complexity index is 608. The molecular formula is C23H34O4. The van der Waals surface area contributed by atoms with Crippen molar-refractivity contribution in [3.05, 3.63) is 11.6 Å². The van der Waals surface area contributed by atoms with Crippen LogP contribution in [0.1, 0.15) is 71.1 Å². The first-order valence-electron chi connectivity index (χ1n) is 10.8. The van der Waals surface area contributed by atoms with Gasteiger partial charge < -0.3 is 15.3 Å². The van der Waals surface area contributed by atoms with Crippen LogP contribution in [0, 0.1) is 41.4 Å². The smallest absolute Gasteiger partial charge is 0.303 e. The summed E-state index contributed by atoms with van der Waals surface area (Å²) in [6.07, 6.45) is 10.3. The van der Waals surface area contributed by atoms with Gasteiger partial charge >= 0.3 is 5.97 Å². The second kappa shape index (κ2) is 9.26. The Morgan fingerprint density at radius 1 is 1.26 bits per heavy atom. The van der Waals surface area contributed by atoms with Crippen LogP contribution in [0.3, 0.4) is 0 Å². The average Bonchev–Trinajstić information content (AvgIpc) is 3.17. The summed E-state index contributed by atoms with van der Waals surface area (Å²) in [6, 6.07) is 0. The van der Waals surface area contributed by atoms with Crippen LogP contribution in [-0.4, -0.2) is 33.5 Å². The summed E-state index contributed by atoms with van der Waals surface area (Å²) in [5.41, 5.74) is 1.40. The van der Waals surface area contributed by atoms with Crippen LogP contribution in [0.15, 0.2) is 11.6 Å². The summed E-state index contributed by atoms with van der Waals surface area (Å²) in [6.45, 7) is 2.17. The lowest BCUT2D eigenvalue weighted by Gasteiger charge is -2.55. The summed E-state index contributed by atoms with van der Waals surface area (Å²) < 4.78 is 0. The van der Waals surface area contributed by atoms with E-state index in [-0.39, 0.29) is 12.3 Å². The average molecular weight is 375 g/mol. The number of carboxylic acid groups (broad SMARTS) is 1. The van der Waals surface area contributed by atoms with Gasteiger partial charge in [-0.05, 0) is 62.2 Å². The van der Waals surface area contributed by atoms with E-state index in [1.54, 1.807) is 0 Å². The van der Waals surface area contributed by atoms with Crippen LogP contribution in [0.5, 0.6) is 0 Å². The van der Waals surface area contributed by atoms with Crippen molar-refractivity contribution in [1.82, 2.24) is 0 Å². The third kappa shape index (κ3) is 4.58. The first-order chi connectivity index (χ1) is 13.0. The van der Waals surface area contributed by atoms with E-state index in [1.807, 2.05) is 0 Å². The Morgan fingerprint density at radius 2 is 2.00 bits per heavy atom. The predicted octanol–water partition coefficient (Wildman–Crippen LogP) is 3.77. The molecule has 3 saturated carbocycles. The lowest BCUT2D eigenvalue weighted by Crippen LogP contribution is -2.51. The monoisotopic (exact) mass is 374 g/mol. The summed E-state index contributed by atoms with van der Waals surface area (Å²) in [5.74, 6) is 7.07. The zero-order valence-electron chi connectivity index (χ0n) is 16.4. The molecule has 0 aromatic carbocycles. The minimum Gasteiger partial charge on any atom is -0.481 e. The highest BCUT2D eigenvalue weighted by Crippen LogP contribution is 2.57. The molecule has 3 rings (SSSR count). The van der Waals surface area contributed by atoms with Gasteiger partial charge in [0.05, 0.1) is 12.0 Å². The first kappa shape index (κ1) is 20.4. The largest absolute Gasteiger partial charge is 0.481 e. The van der Waals surface area contributed by atoms with Gasteiger partial charge in [-0.3, -0.25) is 4.79 Å². The molecule has 3 N–H and O–H groups in total. The Hall–Kier alpha value is -1.31. The fourth-order valence-electron chi connectivity index (χ4n) is 5.63. The van der Waals surface area contributed by atoms with Gasteiger partial charge in [-0.25, -0.2) is 0 Å². The van der Waals surface area contributed by atoms with Gasteiger partial charge in [0, 0.05) is 6.42 Å². The number of aliphatic carboxylic acids is 1. The molecule has 2 unspecified atom stereocenters. The maximum Gasteiger partial charge on any atom is 0.303 e. The second-order valence-electron chi connectivity index (χ2n) is 8.66. The van der Waals surface area contributed by atoms with E-state index in [9.17, 15) is 15.0 Å². The number of aliphatic hydroxyl groups excluding tert-OH is 2. The van der Waals surface area contributed by atoms with Crippen molar-refractivity contribution in [2.24, 2.45) is 29.6 Å². The Morgan fingerprint density at radius 3 is 2.67 bits per heavy atom. The standard InChI is InChI=1S/C23H34O4/c1-2-6-17-16(9-5-10-22(26)27)18-11-14-21(25)19(23(17)18)12-13-20(24)15-7-3-4-8-15/h9,15,17-21,23-25H,2-8,10-11,14H2,1H3,(H,26,27)/t17?,18-,19+,20?,21-,23+/m0/s1. The van der Waals surface area contributed by atoms with E-state index in [0.717, 1.165) is 38.5 Å². The van der Waals surface area contributed by atoms with Gasteiger partial charge in [0.2, 0.25) is 0 Å². The van der Waals surface area contributed by atoms with Crippen LogP contribution in [0.2, 0.25) is 0 Å². The zero-order valence-corrected chi connectivity index (χ0v) is 16.4. The molecule has 4 nitrogen and oxygen atoms in total. The van der Waals surface area contributed by atoms with Crippen molar-refractivity contribution in [2.45, 2.75) is 83.3 Å². The molecule has 0 aromatic heterocycles. The number of rotatable bonds is 6. The molecule has 3 aliphatic rings. The van der Waals surface area contributed by atoms with E-state index in [0.29, 0.717) is 30.1 Å². The molecule has 3 fully saturated rings. The summed E-state index contributed by atoms with van der Waals surface area (Å²) in [4.78, 5) is 10.8. The summed E-state index contributed by atoms with van der Waals surface area (Å²) >= 11 is 0. The molecule has 4 heteroatoms. The van der Waals surface area contributed by atoms with Crippen LogP contribution in [-0.2, 0) is 4.79 Å². The molecule has 0 bridgehead atoms. The Kier molecular flexibility index (Phi) is 7.00. The van der Waals surface area contributed by atoms with Crippen LogP contribution >= 0.6 is 0 Å². The highest BCUT2D eigenvalue weighted by atomic mass is 16.4. The van der Waals surface area contributed by atoms with Gasteiger partial charge in [0.1, 0.15) is 6.10 Å². The van der Waals surface area contributed by atoms with E-state index in [2.05, 4.69) is 24.8 Å². The number of hydrogen-bond donors (Lipinski definition) is 3. The number of carbonyl (C=O) groups is 1.